The Bertz CT molecular complexity index is 647. The molecule has 0 saturated carbocycles. The summed E-state index contributed by atoms with van der Waals surface area (Å²) in [7, 11) is 0. The van der Waals surface area contributed by atoms with Gasteiger partial charge in [-0.1, -0.05) is 11.6 Å². The lowest BCUT2D eigenvalue weighted by Gasteiger charge is -2.32. The zero-order chi connectivity index (χ0) is 20.0. The average molecular weight is 398 g/mol. The summed E-state index contributed by atoms with van der Waals surface area (Å²) in [6.45, 7) is 8.61. The van der Waals surface area contributed by atoms with Crippen LogP contribution in [0.15, 0.2) is 18.2 Å². The molecule has 0 spiro atoms. The average Bonchev–Trinajstić information content (AvgIpc) is 2.51. The van der Waals surface area contributed by atoms with Crippen molar-refractivity contribution in [2.24, 2.45) is 5.92 Å². The van der Waals surface area contributed by atoms with E-state index in [0.29, 0.717) is 29.6 Å². The molecule has 0 atom stereocenters. The minimum atomic E-state index is -0.437. The maximum Gasteiger partial charge on any atom is 0.234 e. The summed E-state index contributed by atoms with van der Waals surface area (Å²) < 4.78 is 13.3. The molecule has 7 heteroatoms. The smallest absolute Gasteiger partial charge is 0.234 e. The molecule has 0 bridgehead atoms. The zero-order valence-corrected chi connectivity index (χ0v) is 17.0. The van der Waals surface area contributed by atoms with E-state index in [1.165, 1.54) is 12.1 Å². The lowest BCUT2D eigenvalue weighted by molar-refractivity contribution is -0.124. The molecule has 1 aromatic rings. The molecule has 1 aliphatic rings. The fourth-order valence-electron chi connectivity index (χ4n) is 3.23. The number of carbonyl (C=O) groups is 2. The molecule has 0 aliphatic carbocycles. The third-order valence-electron chi connectivity index (χ3n) is 4.46. The van der Waals surface area contributed by atoms with Gasteiger partial charge in [-0.3, -0.25) is 14.5 Å². The molecular formula is C20H29ClFN3O2. The Hall–Kier alpha value is -1.66. The largest absolute Gasteiger partial charge is 0.356 e. The van der Waals surface area contributed by atoms with E-state index in [-0.39, 0.29) is 23.8 Å². The summed E-state index contributed by atoms with van der Waals surface area (Å²) in [4.78, 5) is 26.2. The molecule has 0 aromatic heterocycles. The van der Waals surface area contributed by atoms with Crippen molar-refractivity contribution in [1.29, 1.82) is 0 Å². The van der Waals surface area contributed by atoms with Crippen molar-refractivity contribution in [3.8, 4) is 0 Å². The van der Waals surface area contributed by atoms with E-state index in [1.54, 1.807) is 6.07 Å². The standard InChI is InChI=1S/C20H29ClFN3O2/c1-20(2,3)24-19(27)13-25-6-4-14(5-7-25)12-23-18(26)10-15-8-16(21)11-17(22)9-15/h8-9,11,14H,4-7,10,12-13H2,1-3H3,(H,23,26)(H,24,27). The molecule has 5 nitrogen and oxygen atoms in total. The van der Waals surface area contributed by atoms with Gasteiger partial charge in [0.2, 0.25) is 11.8 Å². The van der Waals surface area contributed by atoms with Gasteiger partial charge < -0.3 is 10.6 Å². The molecule has 150 valence electrons. The van der Waals surface area contributed by atoms with Crippen LogP contribution in [-0.2, 0) is 16.0 Å². The number of nitrogens with zero attached hydrogens (tertiary/aromatic N) is 1. The van der Waals surface area contributed by atoms with Crippen LogP contribution in [0.25, 0.3) is 0 Å². The highest BCUT2D eigenvalue weighted by Crippen LogP contribution is 2.17. The van der Waals surface area contributed by atoms with Gasteiger partial charge in [0, 0.05) is 17.1 Å². The van der Waals surface area contributed by atoms with Crippen molar-refractivity contribution in [1.82, 2.24) is 15.5 Å². The van der Waals surface area contributed by atoms with E-state index in [4.69, 9.17) is 11.6 Å². The van der Waals surface area contributed by atoms with Gasteiger partial charge in [-0.25, -0.2) is 4.39 Å². The van der Waals surface area contributed by atoms with Gasteiger partial charge >= 0.3 is 0 Å². The number of hydrogen-bond donors (Lipinski definition) is 2. The number of benzene rings is 1. The van der Waals surface area contributed by atoms with Crippen LogP contribution in [0.4, 0.5) is 4.39 Å². The minimum Gasteiger partial charge on any atom is -0.356 e. The third kappa shape index (κ3) is 8.26. The van der Waals surface area contributed by atoms with E-state index in [9.17, 15) is 14.0 Å². The molecule has 0 unspecified atom stereocenters. The summed E-state index contributed by atoms with van der Waals surface area (Å²) in [5, 5.41) is 6.19. The van der Waals surface area contributed by atoms with E-state index in [2.05, 4.69) is 15.5 Å². The van der Waals surface area contributed by atoms with Crippen LogP contribution >= 0.6 is 11.6 Å². The topological polar surface area (TPSA) is 61.4 Å². The summed E-state index contributed by atoms with van der Waals surface area (Å²) in [6, 6.07) is 4.15. The lowest BCUT2D eigenvalue weighted by atomic mass is 9.96. The predicted octanol–water partition coefficient (Wildman–Crippen LogP) is 2.76. The number of hydrogen-bond acceptors (Lipinski definition) is 3. The van der Waals surface area contributed by atoms with Crippen molar-refractivity contribution in [3.63, 3.8) is 0 Å². The fourth-order valence-corrected chi connectivity index (χ4v) is 3.47. The van der Waals surface area contributed by atoms with Crippen LogP contribution in [-0.4, -0.2) is 48.4 Å². The maximum atomic E-state index is 13.3. The molecule has 0 radical (unpaired) electrons. The first-order valence-electron chi connectivity index (χ1n) is 9.36. The van der Waals surface area contributed by atoms with Gasteiger partial charge in [0.1, 0.15) is 5.82 Å². The number of piperidine rings is 1. The molecule has 1 saturated heterocycles. The molecular weight excluding hydrogens is 369 g/mol. The van der Waals surface area contributed by atoms with Crippen LogP contribution in [0.2, 0.25) is 5.02 Å². The van der Waals surface area contributed by atoms with Gasteiger partial charge in [0.05, 0.1) is 13.0 Å². The fraction of sp³-hybridized carbons (Fsp3) is 0.600. The highest BCUT2D eigenvalue weighted by molar-refractivity contribution is 6.30. The van der Waals surface area contributed by atoms with Gasteiger partial charge in [-0.15, -0.1) is 0 Å². The molecule has 1 aliphatic heterocycles. The number of amides is 2. The minimum absolute atomic E-state index is 0.0445. The van der Waals surface area contributed by atoms with Crippen molar-refractivity contribution in [2.75, 3.05) is 26.2 Å². The number of carbonyl (C=O) groups excluding carboxylic acids is 2. The second-order valence-electron chi connectivity index (χ2n) is 8.28. The summed E-state index contributed by atoms with van der Waals surface area (Å²) in [6.07, 6.45) is 1.99. The van der Waals surface area contributed by atoms with Crippen LogP contribution in [0.1, 0.15) is 39.2 Å². The van der Waals surface area contributed by atoms with E-state index in [1.807, 2.05) is 20.8 Å². The van der Waals surface area contributed by atoms with Gasteiger partial charge in [-0.05, 0) is 76.4 Å². The second-order valence-corrected chi connectivity index (χ2v) is 8.71. The summed E-state index contributed by atoms with van der Waals surface area (Å²) in [5.41, 5.74) is 0.350. The molecule has 1 aromatic carbocycles. The Balaban J connectivity index is 1.68. The number of likely N-dealkylation sites (tertiary alicyclic amines) is 1. The summed E-state index contributed by atoms with van der Waals surface area (Å²) >= 11 is 5.81. The van der Waals surface area contributed by atoms with Gasteiger partial charge in [0.15, 0.2) is 0 Å². The monoisotopic (exact) mass is 397 g/mol. The first kappa shape index (κ1) is 21.6. The Labute approximate surface area is 165 Å². The van der Waals surface area contributed by atoms with Crippen molar-refractivity contribution >= 4 is 23.4 Å². The SMILES string of the molecule is CC(C)(C)NC(=O)CN1CCC(CNC(=O)Cc2cc(F)cc(Cl)c2)CC1. The lowest BCUT2D eigenvalue weighted by Crippen LogP contribution is -2.48. The number of halogens is 2. The third-order valence-corrected chi connectivity index (χ3v) is 4.68. The number of nitrogens with one attached hydrogen (secondary N) is 2. The molecule has 1 fully saturated rings. The van der Waals surface area contributed by atoms with E-state index < -0.39 is 5.82 Å². The van der Waals surface area contributed by atoms with E-state index >= 15 is 0 Å². The highest BCUT2D eigenvalue weighted by atomic mass is 35.5. The second kappa shape index (κ2) is 9.51. The summed E-state index contributed by atoms with van der Waals surface area (Å²) in [5.74, 6) is -0.133. The van der Waals surface area contributed by atoms with Crippen LogP contribution in [0.5, 0.6) is 0 Å². The Morgan fingerprint density at radius 3 is 2.44 bits per heavy atom. The first-order valence-corrected chi connectivity index (χ1v) is 9.73. The predicted molar refractivity (Wildman–Crippen MR) is 105 cm³/mol. The van der Waals surface area contributed by atoms with Gasteiger partial charge in [0.25, 0.3) is 0 Å². The quantitative estimate of drug-likeness (QED) is 0.775. The Morgan fingerprint density at radius 1 is 1.19 bits per heavy atom. The van der Waals surface area contributed by atoms with Crippen LogP contribution in [0, 0.1) is 11.7 Å². The molecule has 2 rings (SSSR count). The normalized spacial score (nSPS) is 16.2. The molecule has 27 heavy (non-hydrogen) atoms. The van der Waals surface area contributed by atoms with Crippen LogP contribution < -0.4 is 10.6 Å². The Kier molecular flexibility index (Phi) is 7.62. The van der Waals surface area contributed by atoms with Crippen LogP contribution in [0.3, 0.4) is 0 Å². The molecule has 1 heterocycles. The molecule has 2 amide bonds. The Morgan fingerprint density at radius 2 is 1.85 bits per heavy atom. The van der Waals surface area contributed by atoms with Crippen molar-refractivity contribution in [2.45, 2.75) is 45.6 Å². The highest BCUT2D eigenvalue weighted by Gasteiger charge is 2.22. The maximum absolute atomic E-state index is 13.3. The first-order chi connectivity index (χ1) is 12.6. The van der Waals surface area contributed by atoms with E-state index in [0.717, 1.165) is 25.9 Å². The molecule has 2 N–H and O–H groups in total. The van der Waals surface area contributed by atoms with Gasteiger partial charge in [-0.2, -0.15) is 0 Å². The van der Waals surface area contributed by atoms with Crippen molar-refractivity contribution in [3.05, 3.63) is 34.6 Å². The van der Waals surface area contributed by atoms with Crippen molar-refractivity contribution < 1.29 is 14.0 Å². The number of rotatable bonds is 6. The zero-order valence-electron chi connectivity index (χ0n) is 16.3.